The summed E-state index contributed by atoms with van der Waals surface area (Å²) in [5.74, 6) is 0.862. The van der Waals surface area contributed by atoms with Crippen LogP contribution in [0.3, 0.4) is 0 Å². The van der Waals surface area contributed by atoms with Crippen LogP contribution < -0.4 is 14.4 Å². The third-order valence-electron chi connectivity index (χ3n) is 4.95. The lowest BCUT2D eigenvalue weighted by atomic mass is 10.1. The van der Waals surface area contributed by atoms with Crippen LogP contribution in [0.5, 0.6) is 11.5 Å². The molecule has 1 fully saturated rings. The van der Waals surface area contributed by atoms with Gasteiger partial charge in [0.05, 0.1) is 19.1 Å². The van der Waals surface area contributed by atoms with Crippen molar-refractivity contribution in [2.45, 2.75) is 13.0 Å². The van der Waals surface area contributed by atoms with Gasteiger partial charge in [-0.05, 0) is 23.6 Å². The monoisotopic (exact) mass is 402 g/mol. The van der Waals surface area contributed by atoms with E-state index in [-0.39, 0.29) is 30.9 Å². The maximum Gasteiger partial charge on any atom is 0.231 e. The molecule has 2 aliphatic rings. The number of carbonyl (C=O) groups excluding carboxylic acids is 2. The highest BCUT2D eigenvalue weighted by Crippen LogP contribution is 2.37. The van der Waals surface area contributed by atoms with Crippen LogP contribution in [0.25, 0.3) is 0 Å². The van der Waals surface area contributed by atoms with E-state index in [9.17, 15) is 9.59 Å². The Morgan fingerprint density at radius 3 is 2.96 bits per heavy atom. The number of methoxy groups -OCH3 is 1. The second kappa shape index (κ2) is 8.20. The number of hydrogen-bond donors (Lipinski definition) is 0. The Morgan fingerprint density at radius 2 is 2.18 bits per heavy atom. The molecule has 7 nitrogen and oxygen atoms in total. The molecule has 0 bridgehead atoms. The molecule has 1 saturated heterocycles. The number of amides is 2. The van der Waals surface area contributed by atoms with E-state index < -0.39 is 0 Å². The van der Waals surface area contributed by atoms with Gasteiger partial charge in [-0.2, -0.15) is 0 Å². The van der Waals surface area contributed by atoms with Crippen molar-refractivity contribution in [3.63, 3.8) is 0 Å². The highest BCUT2D eigenvalue weighted by atomic mass is 32.1. The molecule has 0 saturated carbocycles. The van der Waals surface area contributed by atoms with Crippen LogP contribution in [-0.4, -0.2) is 50.3 Å². The average Bonchev–Trinajstić information content (AvgIpc) is 3.44. The maximum absolute atomic E-state index is 13.1. The van der Waals surface area contributed by atoms with Gasteiger partial charge in [0.1, 0.15) is 0 Å². The van der Waals surface area contributed by atoms with Gasteiger partial charge in [-0.15, -0.1) is 11.3 Å². The lowest BCUT2D eigenvalue weighted by Crippen LogP contribution is -2.38. The first kappa shape index (κ1) is 18.8. The number of anilines is 1. The Bertz CT molecular complexity index is 854. The van der Waals surface area contributed by atoms with Crippen molar-refractivity contribution < 1.29 is 23.8 Å². The van der Waals surface area contributed by atoms with Gasteiger partial charge in [-0.1, -0.05) is 6.07 Å². The van der Waals surface area contributed by atoms with Crippen molar-refractivity contribution in [1.82, 2.24) is 4.90 Å². The summed E-state index contributed by atoms with van der Waals surface area (Å²) in [6.07, 6.45) is 0.210. The molecule has 1 aromatic carbocycles. The lowest BCUT2D eigenvalue weighted by Gasteiger charge is -2.25. The molecule has 148 valence electrons. The zero-order chi connectivity index (χ0) is 19.5. The SMILES string of the molecule is COCCN(Cc1cccs1)C(=O)C1CC(=O)N(c2ccc3c(c2)OCO3)C1. The predicted molar refractivity (Wildman–Crippen MR) is 105 cm³/mol. The van der Waals surface area contributed by atoms with E-state index in [1.165, 1.54) is 0 Å². The van der Waals surface area contributed by atoms with Crippen molar-refractivity contribution in [2.24, 2.45) is 5.92 Å². The fraction of sp³-hybridized carbons (Fsp3) is 0.400. The number of nitrogens with zero attached hydrogens (tertiary/aromatic N) is 2. The van der Waals surface area contributed by atoms with Gasteiger partial charge >= 0.3 is 0 Å². The first-order chi connectivity index (χ1) is 13.7. The largest absolute Gasteiger partial charge is 0.454 e. The Morgan fingerprint density at radius 1 is 1.32 bits per heavy atom. The van der Waals surface area contributed by atoms with Gasteiger partial charge in [-0.25, -0.2) is 0 Å². The molecule has 4 rings (SSSR count). The molecule has 1 aromatic heterocycles. The Kier molecular flexibility index (Phi) is 5.50. The van der Waals surface area contributed by atoms with Gasteiger partial charge in [-0.3, -0.25) is 9.59 Å². The van der Waals surface area contributed by atoms with Crippen LogP contribution in [0.1, 0.15) is 11.3 Å². The van der Waals surface area contributed by atoms with Crippen molar-refractivity contribution in [3.05, 3.63) is 40.6 Å². The van der Waals surface area contributed by atoms with Crippen LogP contribution >= 0.6 is 11.3 Å². The average molecular weight is 402 g/mol. The predicted octanol–water partition coefficient (Wildman–Crippen LogP) is 2.50. The van der Waals surface area contributed by atoms with E-state index in [1.807, 2.05) is 23.6 Å². The van der Waals surface area contributed by atoms with Gasteiger partial charge in [0.15, 0.2) is 11.5 Å². The number of thiophene rings is 1. The fourth-order valence-electron chi connectivity index (χ4n) is 3.49. The van der Waals surface area contributed by atoms with E-state index in [4.69, 9.17) is 14.2 Å². The minimum atomic E-state index is -0.366. The summed E-state index contributed by atoms with van der Waals surface area (Å²) < 4.78 is 15.9. The summed E-state index contributed by atoms with van der Waals surface area (Å²) in [4.78, 5) is 30.3. The fourth-order valence-corrected chi connectivity index (χ4v) is 4.21. The molecule has 2 aromatic rings. The van der Waals surface area contributed by atoms with E-state index in [0.29, 0.717) is 37.7 Å². The smallest absolute Gasteiger partial charge is 0.231 e. The van der Waals surface area contributed by atoms with Gasteiger partial charge in [0.25, 0.3) is 0 Å². The van der Waals surface area contributed by atoms with Crippen LogP contribution in [0.15, 0.2) is 35.7 Å². The number of rotatable bonds is 7. The molecule has 2 amide bonds. The summed E-state index contributed by atoms with van der Waals surface area (Å²) in [5, 5.41) is 1.99. The van der Waals surface area contributed by atoms with Crippen LogP contribution in [-0.2, 0) is 20.9 Å². The molecule has 0 aliphatic carbocycles. The third kappa shape index (κ3) is 3.83. The molecule has 0 N–H and O–H groups in total. The standard InChI is InChI=1S/C20H22N2O5S/c1-25-7-6-21(12-16-3-2-8-28-16)20(24)14-9-19(23)22(11-14)15-4-5-17-18(10-15)27-13-26-17/h2-5,8,10,14H,6-7,9,11-13H2,1H3. The molecule has 8 heteroatoms. The third-order valence-corrected chi connectivity index (χ3v) is 5.81. The van der Waals surface area contributed by atoms with Crippen molar-refractivity contribution in [2.75, 3.05) is 38.5 Å². The van der Waals surface area contributed by atoms with Gasteiger partial charge in [0, 0.05) is 43.3 Å². The van der Waals surface area contributed by atoms with Crippen molar-refractivity contribution in [3.8, 4) is 11.5 Å². The van der Waals surface area contributed by atoms with E-state index in [0.717, 1.165) is 10.6 Å². The number of hydrogen-bond acceptors (Lipinski definition) is 6. The quantitative estimate of drug-likeness (QED) is 0.712. The highest BCUT2D eigenvalue weighted by molar-refractivity contribution is 7.09. The van der Waals surface area contributed by atoms with E-state index in [1.54, 1.807) is 40.4 Å². The van der Waals surface area contributed by atoms with E-state index in [2.05, 4.69) is 0 Å². The van der Waals surface area contributed by atoms with Crippen molar-refractivity contribution in [1.29, 1.82) is 0 Å². The molecular weight excluding hydrogens is 380 g/mol. The summed E-state index contributed by atoms with van der Waals surface area (Å²) in [6.45, 7) is 2.05. The molecular formula is C20H22N2O5S. The maximum atomic E-state index is 13.1. The minimum absolute atomic E-state index is 0.0120. The van der Waals surface area contributed by atoms with Crippen molar-refractivity contribution >= 4 is 28.8 Å². The Balaban J connectivity index is 1.47. The molecule has 0 radical (unpaired) electrons. The Hall–Kier alpha value is -2.58. The first-order valence-electron chi connectivity index (χ1n) is 9.16. The molecule has 28 heavy (non-hydrogen) atoms. The minimum Gasteiger partial charge on any atom is -0.454 e. The van der Waals surface area contributed by atoms with Gasteiger partial charge in [0.2, 0.25) is 18.6 Å². The number of fused-ring (bicyclic) bond motifs is 1. The summed E-state index contributed by atoms with van der Waals surface area (Å²) in [6, 6.07) is 9.39. The number of benzene rings is 1. The highest BCUT2D eigenvalue weighted by Gasteiger charge is 2.37. The molecule has 0 spiro atoms. The molecule has 1 atom stereocenters. The molecule has 3 heterocycles. The number of carbonyl (C=O) groups is 2. The summed E-state index contributed by atoms with van der Waals surface area (Å²) in [7, 11) is 1.62. The normalized spacial score (nSPS) is 18.0. The summed E-state index contributed by atoms with van der Waals surface area (Å²) >= 11 is 1.62. The summed E-state index contributed by atoms with van der Waals surface area (Å²) in [5.41, 5.74) is 0.728. The zero-order valence-electron chi connectivity index (χ0n) is 15.6. The second-order valence-corrected chi connectivity index (χ2v) is 7.81. The van der Waals surface area contributed by atoms with Gasteiger partial charge < -0.3 is 24.0 Å². The molecule has 2 aliphatic heterocycles. The first-order valence-corrected chi connectivity index (χ1v) is 10.0. The van der Waals surface area contributed by atoms with Crippen LogP contribution in [0.2, 0.25) is 0 Å². The zero-order valence-corrected chi connectivity index (χ0v) is 16.4. The van der Waals surface area contributed by atoms with Crippen LogP contribution in [0, 0.1) is 5.92 Å². The van der Waals surface area contributed by atoms with E-state index >= 15 is 0 Å². The molecule has 1 unspecified atom stereocenters. The number of ether oxygens (including phenoxy) is 3. The van der Waals surface area contributed by atoms with Crippen LogP contribution in [0.4, 0.5) is 5.69 Å². The topological polar surface area (TPSA) is 68.3 Å². The Labute approximate surface area is 167 Å². The lowest BCUT2D eigenvalue weighted by molar-refractivity contribution is -0.137. The second-order valence-electron chi connectivity index (χ2n) is 6.77.